The largest absolute Gasteiger partial charge is 0.463 e. The number of hydrogen-bond donors (Lipinski definition) is 0. The molecule has 1 aromatic heterocycles. The highest BCUT2D eigenvalue weighted by Gasteiger charge is 2.17. The van der Waals surface area contributed by atoms with Crippen LogP contribution in [0.1, 0.15) is 63.1 Å². The highest BCUT2D eigenvalue weighted by Crippen LogP contribution is 2.36. The van der Waals surface area contributed by atoms with Gasteiger partial charge in [0.05, 0.1) is 6.61 Å². The molecule has 0 atom stereocenters. The average Bonchev–Trinajstić information content (AvgIpc) is 3.01. The number of esters is 1. The monoisotopic (exact) mass is 391 g/mol. The maximum Gasteiger partial charge on any atom is 0.330 e. The van der Waals surface area contributed by atoms with Gasteiger partial charge in [0.15, 0.2) is 0 Å². The van der Waals surface area contributed by atoms with Crippen LogP contribution in [0.4, 0.5) is 0 Å². The zero-order valence-electron chi connectivity index (χ0n) is 18.3. The minimum atomic E-state index is -0.270. The van der Waals surface area contributed by atoms with Crippen LogP contribution >= 0.6 is 0 Å². The van der Waals surface area contributed by atoms with Crippen LogP contribution in [0.15, 0.2) is 36.4 Å². The summed E-state index contributed by atoms with van der Waals surface area (Å²) >= 11 is 0. The van der Waals surface area contributed by atoms with Crippen molar-refractivity contribution in [1.82, 2.24) is 4.57 Å². The van der Waals surface area contributed by atoms with E-state index in [4.69, 9.17) is 4.74 Å². The van der Waals surface area contributed by atoms with Gasteiger partial charge < -0.3 is 9.30 Å². The second-order valence-electron chi connectivity index (χ2n) is 7.69. The zero-order valence-corrected chi connectivity index (χ0v) is 18.3. The second-order valence-corrected chi connectivity index (χ2v) is 7.69. The Labute approximate surface area is 174 Å². The fourth-order valence-corrected chi connectivity index (χ4v) is 4.21. The van der Waals surface area contributed by atoms with Gasteiger partial charge in [0.2, 0.25) is 0 Å². The number of carbonyl (C=O) groups excluding carboxylic acids is 1. The van der Waals surface area contributed by atoms with Crippen LogP contribution in [-0.2, 0) is 29.4 Å². The highest BCUT2D eigenvalue weighted by atomic mass is 16.5. The van der Waals surface area contributed by atoms with Crippen LogP contribution < -0.4 is 0 Å². The summed E-state index contributed by atoms with van der Waals surface area (Å²) in [5, 5.41) is 2.63. The molecule has 0 aliphatic heterocycles. The molecule has 1 heterocycles. The van der Waals surface area contributed by atoms with Crippen LogP contribution in [-0.4, -0.2) is 17.1 Å². The molecule has 154 valence electrons. The lowest BCUT2D eigenvalue weighted by Crippen LogP contribution is -2.02. The van der Waals surface area contributed by atoms with Gasteiger partial charge in [0.25, 0.3) is 0 Å². The Balaban J connectivity index is 2.30. The molecule has 0 amide bonds. The number of benzene rings is 2. The summed E-state index contributed by atoms with van der Waals surface area (Å²) < 4.78 is 7.45. The first-order valence-electron chi connectivity index (χ1n) is 11.0. The predicted molar refractivity (Wildman–Crippen MR) is 123 cm³/mol. The first-order chi connectivity index (χ1) is 14.1. The van der Waals surface area contributed by atoms with Gasteiger partial charge in [-0.3, -0.25) is 0 Å². The van der Waals surface area contributed by atoms with Gasteiger partial charge >= 0.3 is 5.97 Å². The van der Waals surface area contributed by atoms with E-state index in [1.54, 1.807) is 6.08 Å². The molecule has 29 heavy (non-hydrogen) atoms. The maximum absolute atomic E-state index is 12.0. The number of carbonyl (C=O) groups is 1. The lowest BCUT2D eigenvalue weighted by Gasteiger charge is -2.15. The van der Waals surface area contributed by atoms with Crippen molar-refractivity contribution >= 4 is 33.9 Å². The average molecular weight is 392 g/mol. The Bertz CT molecular complexity index is 1030. The number of aryl methyl sites for hydroxylation is 3. The van der Waals surface area contributed by atoms with Gasteiger partial charge in [-0.2, -0.15) is 0 Å². The molecule has 0 N–H and O–H groups in total. The molecule has 0 aliphatic rings. The van der Waals surface area contributed by atoms with E-state index in [0.29, 0.717) is 6.61 Å². The molecule has 3 heteroatoms. The molecule has 0 aliphatic carbocycles. The summed E-state index contributed by atoms with van der Waals surface area (Å²) in [6.45, 7) is 6.70. The van der Waals surface area contributed by atoms with E-state index in [1.165, 1.54) is 38.5 Å². The van der Waals surface area contributed by atoms with Gasteiger partial charge in [-0.1, -0.05) is 44.9 Å². The zero-order chi connectivity index (χ0) is 20.8. The minimum Gasteiger partial charge on any atom is -0.463 e. The Hall–Kier alpha value is -2.55. The second kappa shape index (κ2) is 9.78. The Kier molecular flexibility index (Phi) is 7.13. The fraction of sp³-hybridized carbons (Fsp3) is 0.423. The highest BCUT2D eigenvalue weighted by molar-refractivity contribution is 6.11. The third kappa shape index (κ3) is 4.39. The molecule has 3 nitrogen and oxygen atoms in total. The smallest absolute Gasteiger partial charge is 0.330 e. The van der Waals surface area contributed by atoms with Gasteiger partial charge in [-0.25, -0.2) is 4.79 Å². The van der Waals surface area contributed by atoms with Crippen LogP contribution in [0.3, 0.4) is 0 Å². The summed E-state index contributed by atoms with van der Waals surface area (Å²) in [5.74, 6) is -0.270. The van der Waals surface area contributed by atoms with E-state index in [2.05, 4.69) is 55.8 Å². The van der Waals surface area contributed by atoms with Crippen molar-refractivity contribution in [2.24, 2.45) is 7.05 Å². The third-order valence-corrected chi connectivity index (χ3v) is 5.69. The summed E-state index contributed by atoms with van der Waals surface area (Å²) in [4.78, 5) is 12.0. The van der Waals surface area contributed by atoms with Crippen molar-refractivity contribution in [2.45, 2.75) is 59.3 Å². The molecular formula is C26H33NO2. The maximum atomic E-state index is 12.0. The Morgan fingerprint density at radius 2 is 1.76 bits per heavy atom. The number of fused-ring (bicyclic) bond motifs is 3. The van der Waals surface area contributed by atoms with Crippen LogP contribution in [0.25, 0.3) is 27.9 Å². The van der Waals surface area contributed by atoms with E-state index >= 15 is 0 Å². The van der Waals surface area contributed by atoms with Crippen molar-refractivity contribution in [3.8, 4) is 0 Å². The van der Waals surface area contributed by atoms with Gasteiger partial charge in [-0.15, -0.1) is 0 Å². The summed E-state index contributed by atoms with van der Waals surface area (Å²) in [7, 11) is 2.16. The number of ether oxygens (including phenoxy) is 1. The molecule has 3 aromatic rings. The lowest BCUT2D eigenvalue weighted by molar-refractivity contribution is -0.137. The van der Waals surface area contributed by atoms with Crippen LogP contribution in [0, 0.1) is 0 Å². The number of unbranched alkanes of at least 4 members (excludes halogenated alkanes) is 2. The predicted octanol–water partition coefficient (Wildman–Crippen LogP) is 6.59. The van der Waals surface area contributed by atoms with E-state index in [9.17, 15) is 4.79 Å². The third-order valence-electron chi connectivity index (χ3n) is 5.69. The Morgan fingerprint density at radius 3 is 2.48 bits per heavy atom. The number of nitrogens with zero attached hydrogens (tertiary/aromatic N) is 1. The van der Waals surface area contributed by atoms with E-state index in [0.717, 1.165) is 38.5 Å². The fourth-order valence-electron chi connectivity index (χ4n) is 4.21. The van der Waals surface area contributed by atoms with Gasteiger partial charge in [-0.05, 0) is 67.5 Å². The van der Waals surface area contributed by atoms with E-state index in [-0.39, 0.29) is 5.97 Å². The van der Waals surface area contributed by atoms with Gasteiger partial charge in [0, 0.05) is 34.9 Å². The molecular weight excluding hydrogens is 358 g/mol. The number of aromatic nitrogens is 1. The molecule has 0 saturated carbocycles. The molecule has 0 saturated heterocycles. The minimum absolute atomic E-state index is 0.270. The lowest BCUT2D eigenvalue weighted by atomic mass is 9.90. The Morgan fingerprint density at radius 1 is 1.03 bits per heavy atom. The molecule has 0 fully saturated rings. The first-order valence-corrected chi connectivity index (χ1v) is 11.0. The molecule has 3 rings (SSSR count). The van der Waals surface area contributed by atoms with Crippen molar-refractivity contribution < 1.29 is 9.53 Å². The van der Waals surface area contributed by atoms with Crippen molar-refractivity contribution in [1.29, 1.82) is 0 Å². The molecule has 0 bridgehead atoms. The van der Waals surface area contributed by atoms with E-state index < -0.39 is 0 Å². The van der Waals surface area contributed by atoms with Crippen molar-refractivity contribution in [3.63, 3.8) is 0 Å². The quantitative estimate of drug-likeness (QED) is 0.304. The number of rotatable bonds is 9. The van der Waals surface area contributed by atoms with E-state index in [1.807, 2.05) is 13.0 Å². The van der Waals surface area contributed by atoms with Crippen molar-refractivity contribution in [2.75, 3.05) is 6.61 Å². The molecule has 0 unspecified atom stereocenters. The molecule has 0 spiro atoms. The van der Waals surface area contributed by atoms with Crippen LogP contribution in [0.2, 0.25) is 0 Å². The van der Waals surface area contributed by atoms with Gasteiger partial charge in [0.1, 0.15) is 0 Å². The number of para-hydroxylation sites is 1. The SMILES string of the molecule is CCCCc1cc2c(c(CCCC)c1C=CC(=O)OCC)c1ccccc1n2C. The summed E-state index contributed by atoms with van der Waals surface area (Å²) in [6, 6.07) is 11.0. The molecule has 0 radical (unpaired) electrons. The topological polar surface area (TPSA) is 31.2 Å². The molecule has 2 aromatic carbocycles. The summed E-state index contributed by atoms with van der Waals surface area (Å²) in [6.07, 6.45) is 10.2. The van der Waals surface area contributed by atoms with Crippen LogP contribution in [0.5, 0.6) is 0 Å². The van der Waals surface area contributed by atoms with Crippen molar-refractivity contribution in [3.05, 3.63) is 53.1 Å². The number of hydrogen-bond acceptors (Lipinski definition) is 2. The first kappa shape index (κ1) is 21.2. The standard InChI is InChI=1S/C26H33NO2/c1-5-8-12-19-18-24-26(22-14-10-11-15-23(22)27(24)4)21(13-9-6-2)20(19)16-17-25(28)29-7-3/h10-11,14-18H,5-9,12-13H2,1-4H3. The normalized spacial score (nSPS) is 11.7. The summed E-state index contributed by atoms with van der Waals surface area (Å²) in [5.41, 5.74) is 6.46.